The van der Waals surface area contributed by atoms with Crippen molar-refractivity contribution in [3.63, 3.8) is 0 Å². The van der Waals surface area contributed by atoms with Crippen molar-refractivity contribution in [1.82, 2.24) is 0 Å². The molecule has 11 heterocycles. The Balaban J connectivity index is 0.769. The second-order valence-corrected chi connectivity index (χ2v) is 24.6. The zero-order chi connectivity index (χ0) is 46.5. The van der Waals surface area contributed by atoms with Crippen molar-refractivity contribution in [2.24, 2.45) is 16.7 Å². The number of ether oxygens (including phenoxy) is 11. The van der Waals surface area contributed by atoms with Crippen LogP contribution >= 0.6 is 0 Å². The Morgan fingerprint density at radius 3 is 2.17 bits per heavy atom. The molecular weight excluding hydrogens is 849 g/mol. The van der Waals surface area contributed by atoms with Gasteiger partial charge in [0.15, 0.2) is 0 Å². The van der Waals surface area contributed by atoms with Crippen LogP contribution in [-0.4, -0.2) is 150 Å². The Kier molecular flexibility index (Phi) is 11.5. The van der Waals surface area contributed by atoms with Gasteiger partial charge in [0.1, 0.15) is 36.3 Å². The van der Waals surface area contributed by atoms with Crippen molar-refractivity contribution in [2.75, 3.05) is 0 Å². The lowest BCUT2D eigenvalue weighted by Crippen LogP contribution is -2.68. The van der Waals surface area contributed by atoms with Gasteiger partial charge in [-0.15, -0.1) is 0 Å². The summed E-state index contributed by atoms with van der Waals surface area (Å²) in [4.78, 5) is 23.6. The molecule has 10 fully saturated rings. The molecule has 0 radical (unpaired) electrons. The van der Waals surface area contributed by atoms with Crippen molar-refractivity contribution in [2.45, 2.75) is 272 Å². The van der Waals surface area contributed by atoms with Crippen molar-refractivity contribution in [1.29, 1.82) is 0 Å². The van der Waals surface area contributed by atoms with Gasteiger partial charge in [0, 0.05) is 57.4 Å². The van der Waals surface area contributed by atoms with E-state index in [1.54, 1.807) is 6.08 Å². The molecule has 11 aliphatic rings. The van der Waals surface area contributed by atoms with Crippen LogP contribution in [0, 0.1) is 16.7 Å². The lowest BCUT2D eigenvalue weighted by Gasteiger charge is -2.58. The molecule has 0 aromatic rings. The summed E-state index contributed by atoms with van der Waals surface area (Å²) in [6.45, 7) is 23.7. The number of rotatable bonds is 5. The monoisotopic (exact) mass is 925 g/mol. The summed E-state index contributed by atoms with van der Waals surface area (Å²) in [7, 11) is 0. The van der Waals surface area contributed by atoms with Crippen LogP contribution in [0.3, 0.4) is 0 Å². The van der Waals surface area contributed by atoms with E-state index in [1.165, 1.54) is 0 Å². The highest BCUT2D eigenvalue weighted by Gasteiger charge is 2.65. The summed E-state index contributed by atoms with van der Waals surface area (Å²) in [6, 6.07) is 0. The van der Waals surface area contributed by atoms with Crippen LogP contribution in [0.2, 0.25) is 0 Å². The maximum absolute atomic E-state index is 12.3. The average Bonchev–Trinajstić information content (AvgIpc) is 4.02. The molecule has 11 aliphatic heterocycles. The fraction of sp³-hybridized carbons (Fsp3) is 0.885. The molecular formula is C52H76O14. The van der Waals surface area contributed by atoms with Crippen LogP contribution in [0.5, 0.6) is 0 Å². The number of esters is 1. The molecule has 0 aliphatic carbocycles. The molecule has 0 spiro atoms. The van der Waals surface area contributed by atoms with Crippen molar-refractivity contribution >= 4 is 12.3 Å². The fourth-order valence-electron chi connectivity index (χ4n) is 14.3. The molecule has 0 saturated carbocycles. The maximum Gasteiger partial charge on any atom is 0.331 e. The van der Waals surface area contributed by atoms with Gasteiger partial charge in [0.2, 0.25) is 0 Å². The second kappa shape index (κ2) is 16.4. The highest BCUT2D eigenvalue weighted by atomic mass is 16.7. The minimum Gasteiger partial charge on any atom is -0.456 e. The number of carbonyl (C=O) groups is 2. The van der Waals surface area contributed by atoms with Crippen molar-refractivity contribution in [3.8, 4) is 0 Å². The summed E-state index contributed by atoms with van der Waals surface area (Å²) in [5.41, 5.74) is -1.06. The molecule has 14 heteroatoms. The fourth-order valence-corrected chi connectivity index (χ4v) is 14.3. The van der Waals surface area contributed by atoms with E-state index in [1.807, 2.05) is 13.8 Å². The standard InChI is InChI=1S/C52H76O14/c1-25(24-53)13-28-16-37(54)52(10)41(56-28)18-31-32(64-52)17-33-46(61-31)47-36(62-47)22-51(9)42(59-33)23-49(6,7)39(65-51)20-38-48(4,5)12-11-29-44(63-38)26(2)14-30-35(57-29)21-50(8)40(58-30)19-34-45(66-50)27(3)15-43(55)60-34/h15,24,26,28-42,44-47,54H,1,11-14,16-23H2,2-10H3/t26-,28-,29+,30?,31?,32-,33+,34?,35-,36?,37+,38?,39?,40?,41?,42-,44?,45-,46?,47?,50+,51+,52+/m1/s1. The largest absolute Gasteiger partial charge is 0.456 e. The van der Waals surface area contributed by atoms with E-state index >= 15 is 0 Å². The number of carbonyl (C=O) groups excluding carboxylic acids is 2. The molecule has 66 heavy (non-hydrogen) atoms. The minimum atomic E-state index is -0.907. The van der Waals surface area contributed by atoms with Gasteiger partial charge in [-0.05, 0) is 81.3 Å². The molecule has 10 saturated heterocycles. The lowest BCUT2D eigenvalue weighted by atomic mass is 9.68. The highest BCUT2D eigenvalue weighted by molar-refractivity contribution is 5.84. The number of fused-ring (bicyclic) bond motifs is 10. The number of aldehydes is 1. The van der Waals surface area contributed by atoms with Gasteiger partial charge in [-0.3, -0.25) is 4.79 Å². The van der Waals surface area contributed by atoms with Gasteiger partial charge in [-0.25, -0.2) is 4.79 Å². The first kappa shape index (κ1) is 46.6. The van der Waals surface area contributed by atoms with E-state index in [2.05, 4.69) is 55.0 Å². The average molecular weight is 925 g/mol. The molecule has 11 rings (SSSR count). The topological polar surface area (TPSA) is 159 Å². The van der Waals surface area contributed by atoms with Gasteiger partial charge in [-0.1, -0.05) is 41.2 Å². The smallest absolute Gasteiger partial charge is 0.331 e. The van der Waals surface area contributed by atoms with E-state index in [0.29, 0.717) is 50.5 Å². The van der Waals surface area contributed by atoms with Crippen LogP contribution in [0.4, 0.5) is 0 Å². The Hall–Kier alpha value is -1.82. The van der Waals surface area contributed by atoms with Gasteiger partial charge in [-0.2, -0.15) is 0 Å². The molecule has 368 valence electrons. The Morgan fingerprint density at radius 1 is 0.682 bits per heavy atom. The molecule has 0 bridgehead atoms. The van der Waals surface area contributed by atoms with Gasteiger partial charge in [0.25, 0.3) is 0 Å². The van der Waals surface area contributed by atoms with E-state index in [-0.39, 0.29) is 133 Å². The van der Waals surface area contributed by atoms with Crippen LogP contribution < -0.4 is 0 Å². The number of hydrogen-bond donors (Lipinski definition) is 1. The second-order valence-electron chi connectivity index (χ2n) is 24.6. The molecule has 23 atom stereocenters. The number of aliphatic hydroxyl groups is 1. The van der Waals surface area contributed by atoms with E-state index < -0.39 is 22.9 Å². The summed E-state index contributed by atoms with van der Waals surface area (Å²) in [5, 5.41) is 11.5. The van der Waals surface area contributed by atoms with Crippen LogP contribution in [0.1, 0.15) is 139 Å². The van der Waals surface area contributed by atoms with Crippen LogP contribution in [-0.2, 0) is 61.7 Å². The van der Waals surface area contributed by atoms with Gasteiger partial charge in [0.05, 0.1) is 103 Å². The van der Waals surface area contributed by atoms with Gasteiger partial charge >= 0.3 is 5.97 Å². The summed E-state index contributed by atoms with van der Waals surface area (Å²) >= 11 is 0. The first-order chi connectivity index (χ1) is 31.1. The summed E-state index contributed by atoms with van der Waals surface area (Å²) in [6.07, 6.45) is 6.37. The number of hydrogen-bond acceptors (Lipinski definition) is 14. The summed E-state index contributed by atoms with van der Waals surface area (Å²) in [5.74, 6) is -0.115. The molecule has 0 aromatic heterocycles. The van der Waals surface area contributed by atoms with Crippen LogP contribution in [0.15, 0.2) is 23.8 Å². The normalized spacial score (nSPS) is 54.5. The van der Waals surface area contributed by atoms with E-state index in [4.69, 9.17) is 52.1 Å². The third-order valence-electron chi connectivity index (χ3n) is 18.7. The molecule has 0 amide bonds. The van der Waals surface area contributed by atoms with Gasteiger partial charge < -0.3 is 57.2 Å². The predicted molar refractivity (Wildman–Crippen MR) is 237 cm³/mol. The van der Waals surface area contributed by atoms with Crippen molar-refractivity contribution < 1.29 is 66.8 Å². The first-order valence-corrected chi connectivity index (χ1v) is 25.4. The Morgan fingerprint density at radius 2 is 1.38 bits per heavy atom. The van der Waals surface area contributed by atoms with Crippen molar-refractivity contribution in [3.05, 3.63) is 23.8 Å². The SMILES string of the molecule is C=C(C=O)C[C@@H]1C[C@H](O)[C@]2(C)O[C@@H]3C[C@@H]4O[C@@H]5CC(C)(C)C(CC6OC7[C@H](C)CC8OC9CC%10OC(=O)C=C(C)[C@H]%10O[C@@]9(C)C[C@H]8O[C@H]7CCC6(C)C)O[C@@]5(C)CC5OC5C4OC3CC2O1. The van der Waals surface area contributed by atoms with Crippen LogP contribution in [0.25, 0.3) is 0 Å². The number of aliphatic hydroxyl groups excluding tert-OH is 1. The zero-order valence-electron chi connectivity index (χ0n) is 40.6. The Bertz CT molecular complexity index is 1950. The molecule has 1 N–H and O–H groups in total. The first-order valence-electron chi connectivity index (χ1n) is 25.4. The Labute approximate surface area is 390 Å². The zero-order valence-corrected chi connectivity index (χ0v) is 40.6. The molecule has 14 nitrogen and oxygen atoms in total. The minimum absolute atomic E-state index is 0.00862. The quantitative estimate of drug-likeness (QED) is 0.144. The molecule has 11 unspecified atom stereocenters. The summed E-state index contributed by atoms with van der Waals surface area (Å²) < 4.78 is 75.4. The third kappa shape index (κ3) is 8.04. The third-order valence-corrected chi connectivity index (χ3v) is 18.7. The molecule has 0 aromatic carbocycles. The predicted octanol–water partition coefficient (Wildman–Crippen LogP) is 6.19. The lowest BCUT2D eigenvalue weighted by molar-refractivity contribution is -0.337. The highest BCUT2D eigenvalue weighted by Crippen LogP contribution is 2.55. The number of epoxide rings is 1. The maximum atomic E-state index is 12.3. The van der Waals surface area contributed by atoms with E-state index in [0.717, 1.165) is 44.0 Å². The van der Waals surface area contributed by atoms with E-state index in [9.17, 15) is 14.7 Å².